The molecule has 7 heteroatoms. The Morgan fingerprint density at radius 3 is 2.30 bits per heavy atom. The van der Waals surface area contributed by atoms with Gasteiger partial charge in [-0.1, -0.05) is 78.9 Å². The molecule has 190 valence electrons. The molecule has 0 aliphatic carbocycles. The molecule has 0 amide bonds. The van der Waals surface area contributed by atoms with Crippen molar-refractivity contribution in [3.05, 3.63) is 107 Å². The molecule has 0 spiro atoms. The number of methoxy groups -OCH3 is 1. The third kappa shape index (κ3) is 5.48. The zero-order valence-electron chi connectivity index (χ0n) is 21.8. The Morgan fingerprint density at radius 2 is 1.57 bits per heavy atom. The van der Waals surface area contributed by atoms with Crippen LogP contribution in [0.3, 0.4) is 0 Å². The molecule has 5 rings (SSSR count). The average molecular weight is 495 g/mol. The van der Waals surface area contributed by atoms with Gasteiger partial charge in [0, 0.05) is 38.3 Å². The first kappa shape index (κ1) is 24.9. The van der Waals surface area contributed by atoms with Crippen molar-refractivity contribution in [3.8, 4) is 11.4 Å². The van der Waals surface area contributed by atoms with E-state index in [2.05, 4.69) is 106 Å². The lowest BCUT2D eigenvalue weighted by Crippen LogP contribution is -2.48. The number of benzene rings is 3. The van der Waals surface area contributed by atoms with E-state index in [9.17, 15) is 0 Å². The number of piperazine rings is 1. The molecule has 1 aromatic heterocycles. The van der Waals surface area contributed by atoms with Crippen molar-refractivity contribution >= 4 is 6.08 Å². The monoisotopic (exact) mass is 494 g/mol. The van der Waals surface area contributed by atoms with Crippen LogP contribution in [0.15, 0.2) is 78.9 Å². The predicted molar refractivity (Wildman–Crippen MR) is 147 cm³/mol. The van der Waals surface area contributed by atoms with Crippen LogP contribution in [0, 0.1) is 13.8 Å². The molecule has 1 aliphatic heterocycles. The molecule has 7 nitrogen and oxygen atoms in total. The Morgan fingerprint density at radius 1 is 0.865 bits per heavy atom. The van der Waals surface area contributed by atoms with Crippen LogP contribution in [0.25, 0.3) is 11.8 Å². The Kier molecular flexibility index (Phi) is 7.73. The summed E-state index contributed by atoms with van der Waals surface area (Å²) in [7, 11) is 1.72. The number of hydrogen-bond acceptors (Lipinski definition) is 6. The molecule has 0 radical (unpaired) electrons. The van der Waals surface area contributed by atoms with Crippen molar-refractivity contribution in [3.63, 3.8) is 0 Å². The maximum absolute atomic E-state index is 5.80. The predicted octanol–water partition coefficient (Wildman–Crippen LogP) is 4.71. The SMILES string of the molecule is COc1ccccc1[C@H](c1nnnn1-c1c(C)cccc1C)N1CCN(C/C=C/c2ccccc2)CC1. The van der Waals surface area contributed by atoms with Crippen molar-refractivity contribution in [2.45, 2.75) is 19.9 Å². The minimum Gasteiger partial charge on any atom is -0.496 e. The van der Waals surface area contributed by atoms with Crippen molar-refractivity contribution < 1.29 is 4.74 Å². The van der Waals surface area contributed by atoms with Gasteiger partial charge in [0.2, 0.25) is 0 Å². The van der Waals surface area contributed by atoms with Crippen LogP contribution in [-0.4, -0.2) is 69.8 Å². The summed E-state index contributed by atoms with van der Waals surface area (Å²) in [6.07, 6.45) is 4.45. The number of ether oxygens (including phenoxy) is 1. The Balaban J connectivity index is 1.42. The fourth-order valence-electron chi connectivity index (χ4n) is 5.16. The van der Waals surface area contributed by atoms with Gasteiger partial charge in [0.25, 0.3) is 0 Å². The molecule has 1 atom stereocenters. The summed E-state index contributed by atoms with van der Waals surface area (Å²) in [5.74, 6) is 1.65. The quantitative estimate of drug-likeness (QED) is 0.354. The highest BCUT2D eigenvalue weighted by atomic mass is 16.5. The van der Waals surface area contributed by atoms with Gasteiger partial charge < -0.3 is 4.74 Å². The van der Waals surface area contributed by atoms with E-state index in [4.69, 9.17) is 4.74 Å². The largest absolute Gasteiger partial charge is 0.496 e. The van der Waals surface area contributed by atoms with E-state index in [-0.39, 0.29) is 6.04 Å². The van der Waals surface area contributed by atoms with Gasteiger partial charge in [0.1, 0.15) is 11.8 Å². The molecule has 3 aromatic carbocycles. The standard InChI is InChI=1S/C30H34N6O/c1-23-11-9-12-24(2)28(23)36-30(31-32-33-36)29(26-16-7-8-17-27(26)37-3)35-21-19-34(20-22-35)18-10-15-25-13-5-4-6-14-25/h4-17,29H,18-22H2,1-3H3/b15-10+/t29-/m1/s1. The first-order chi connectivity index (χ1) is 18.2. The Hall–Kier alpha value is -3.81. The molecule has 4 aromatic rings. The number of hydrogen-bond donors (Lipinski definition) is 0. The normalized spacial score (nSPS) is 15.8. The molecular formula is C30H34N6O. The molecule has 0 unspecified atom stereocenters. The first-order valence-electron chi connectivity index (χ1n) is 12.8. The summed E-state index contributed by atoms with van der Waals surface area (Å²) in [6.45, 7) is 8.89. The fourth-order valence-corrected chi connectivity index (χ4v) is 5.16. The van der Waals surface area contributed by atoms with Crippen LogP contribution in [0.2, 0.25) is 0 Å². The van der Waals surface area contributed by atoms with Crippen LogP contribution in [-0.2, 0) is 0 Å². The average Bonchev–Trinajstić information content (AvgIpc) is 3.39. The highest BCUT2D eigenvalue weighted by molar-refractivity contribution is 5.49. The molecule has 37 heavy (non-hydrogen) atoms. The highest BCUT2D eigenvalue weighted by Gasteiger charge is 2.33. The first-order valence-corrected chi connectivity index (χ1v) is 12.8. The van der Waals surface area contributed by atoms with E-state index in [0.29, 0.717) is 0 Å². The van der Waals surface area contributed by atoms with Crippen molar-refractivity contribution in [1.29, 1.82) is 0 Å². The van der Waals surface area contributed by atoms with Gasteiger partial charge in [-0.3, -0.25) is 9.80 Å². The van der Waals surface area contributed by atoms with Gasteiger partial charge in [0.15, 0.2) is 5.82 Å². The van der Waals surface area contributed by atoms with E-state index < -0.39 is 0 Å². The molecule has 0 N–H and O–H groups in total. The number of para-hydroxylation sites is 2. The second-order valence-corrected chi connectivity index (χ2v) is 9.48. The summed E-state index contributed by atoms with van der Waals surface area (Å²) < 4.78 is 7.71. The zero-order chi connectivity index (χ0) is 25.6. The molecule has 2 heterocycles. The van der Waals surface area contributed by atoms with Crippen molar-refractivity contribution in [2.75, 3.05) is 39.8 Å². The second-order valence-electron chi connectivity index (χ2n) is 9.48. The lowest BCUT2D eigenvalue weighted by atomic mass is 10.0. The smallest absolute Gasteiger partial charge is 0.178 e. The maximum atomic E-state index is 5.80. The minimum atomic E-state index is -0.132. The topological polar surface area (TPSA) is 59.3 Å². The summed E-state index contributed by atoms with van der Waals surface area (Å²) in [4.78, 5) is 4.97. The van der Waals surface area contributed by atoms with Gasteiger partial charge in [-0.2, -0.15) is 4.68 Å². The number of nitrogens with zero attached hydrogens (tertiary/aromatic N) is 6. The van der Waals surface area contributed by atoms with Crippen LogP contribution < -0.4 is 4.74 Å². The summed E-state index contributed by atoms with van der Waals surface area (Å²) in [6, 6.07) is 24.8. The van der Waals surface area contributed by atoms with Crippen molar-refractivity contribution in [2.24, 2.45) is 0 Å². The van der Waals surface area contributed by atoms with Crippen LogP contribution >= 0.6 is 0 Å². The highest BCUT2D eigenvalue weighted by Crippen LogP contribution is 2.35. The van der Waals surface area contributed by atoms with Gasteiger partial charge in [-0.15, -0.1) is 5.10 Å². The second kappa shape index (κ2) is 11.5. The van der Waals surface area contributed by atoms with Gasteiger partial charge >= 0.3 is 0 Å². The lowest BCUT2D eigenvalue weighted by molar-refractivity contribution is 0.112. The molecule has 0 saturated carbocycles. The van der Waals surface area contributed by atoms with Crippen molar-refractivity contribution in [1.82, 2.24) is 30.0 Å². The van der Waals surface area contributed by atoms with Gasteiger partial charge in [-0.25, -0.2) is 0 Å². The zero-order valence-corrected chi connectivity index (χ0v) is 21.8. The summed E-state index contributed by atoms with van der Waals surface area (Å²) >= 11 is 0. The third-order valence-electron chi connectivity index (χ3n) is 7.07. The Bertz CT molecular complexity index is 1320. The van der Waals surface area contributed by atoms with Crippen LogP contribution in [0.1, 0.15) is 34.1 Å². The van der Waals surface area contributed by atoms with E-state index in [1.807, 2.05) is 22.9 Å². The van der Waals surface area contributed by atoms with E-state index >= 15 is 0 Å². The fraction of sp³-hybridized carbons (Fsp3) is 0.300. The van der Waals surface area contributed by atoms with Gasteiger partial charge in [0.05, 0.1) is 12.8 Å². The minimum absolute atomic E-state index is 0.132. The maximum Gasteiger partial charge on any atom is 0.178 e. The number of aromatic nitrogens is 4. The molecule has 1 saturated heterocycles. The van der Waals surface area contributed by atoms with Crippen LogP contribution in [0.4, 0.5) is 0 Å². The molecular weight excluding hydrogens is 460 g/mol. The van der Waals surface area contributed by atoms with Crippen LogP contribution in [0.5, 0.6) is 5.75 Å². The summed E-state index contributed by atoms with van der Waals surface area (Å²) in [5.41, 5.74) is 5.62. The number of aryl methyl sites for hydroxylation is 2. The van der Waals surface area contributed by atoms with E-state index in [1.54, 1.807) is 7.11 Å². The molecule has 0 bridgehead atoms. The third-order valence-corrected chi connectivity index (χ3v) is 7.07. The van der Waals surface area contributed by atoms with Gasteiger partial charge in [-0.05, 0) is 47.0 Å². The number of tetrazole rings is 1. The molecule has 1 aliphatic rings. The summed E-state index contributed by atoms with van der Waals surface area (Å²) in [5, 5.41) is 13.2. The lowest BCUT2D eigenvalue weighted by Gasteiger charge is -2.39. The van der Waals surface area contributed by atoms with E-state index in [0.717, 1.165) is 66.7 Å². The molecule has 1 fully saturated rings. The number of rotatable bonds is 8. The van der Waals surface area contributed by atoms with E-state index in [1.165, 1.54) is 5.56 Å². The Labute approximate surface area is 219 Å².